The van der Waals surface area contributed by atoms with Crippen molar-refractivity contribution in [3.05, 3.63) is 92.6 Å². The summed E-state index contributed by atoms with van der Waals surface area (Å²) in [4.78, 5) is 39.3. The molecule has 0 fully saturated rings. The molecular formula is C25H35NO8. The first-order chi connectivity index (χ1) is 16.0. The van der Waals surface area contributed by atoms with Gasteiger partial charge in [-0.2, -0.15) is 0 Å². The first kappa shape index (κ1) is 37.1. The predicted molar refractivity (Wildman–Crippen MR) is 133 cm³/mol. The van der Waals surface area contributed by atoms with E-state index in [1.807, 2.05) is 36.4 Å². The van der Waals surface area contributed by atoms with Gasteiger partial charge in [0.2, 0.25) is 5.91 Å². The van der Waals surface area contributed by atoms with Gasteiger partial charge in [-0.05, 0) is 25.5 Å². The van der Waals surface area contributed by atoms with Gasteiger partial charge in [-0.3, -0.25) is 4.79 Å². The predicted octanol–water partition coefficient (Wildman–Crippen LogP) is 3.08. The largest absolute Gasteiger partial charge is 0.478 e. The van der Waals surface area contributed by atoms with Crippen LogP contribution in [0.15, 0.2) is 87.0 Å². The van der Waals surface area contributed by atoms with Gasteiger partial charge in [0, 0.05) is 17.7 Å². The summed E-state index contributed by atoms with van der Waals surface area (Å²) < 4.78 is 8.90. The highest BCUT2D eigenvalue weighted by molar-refractivity contribution is 5.86. The molecule has 0 aliphatic rings. The summed E-state index contributed by atoms with van der Waals surface area (Å²) in [5.74, 6) is -2.28. The monoisotopic (exact) mass is 477 g/mol. The van der Waals surface area contributed by atoms with E-state index in [-0.39, 0.29) is 19.2 Å². The Morgan fingerprint density at radius 3 is 1.65 bits per heavy atom. The number of carbonyl (C=O) groups excluding carboxylic acids is 3. The molecule has 1 aromatic carbocycles. The Morgan fingerprint density at radius 2 is 1.44 bits per heavy atom. The number of esters is 2. The summed E-state index contributed by atoms with van der Waals surface area (Å²) in [6, 6.07) is 10.0. The number of aliphatic hydroxyl groups excluding tert-OH is 1. The van der Waals surface area contributed by atoms with Crippen LogP contribution in [0.4, 0.5) is 0 Å². The van der Waals surface area contributed by atoms with Gasteiger partial charge < -0.3 is 25.4 Å². The topological polar surface area (TPSA) is 153 Å². The van der Waals surface area contributed by atoms with Crippen molar-refractivity contribution in [1.29, 1.82) is 0 Å². The van der Waals surface area contributed by atoms with Crippen LogP contribution in [0.3, 0.4) is 0 Å². The lowest BCUT2D eigenvalue weighted by molar-refractivity contribution is -0.140. The lowest BCUT2D eigenvalue weighted by Crippen LogP contribution is -2.08. The SMILES string of the molecule is C=C(C)C(=O)OCCO.C=CC(=O)O.C=CC(=O)OCC.C=CC(N)=O.C=Cc1ccccc1. The molecule has 0 aliphatic heterocycles. The minimum absolute atomic E-state index is 0.0473. The van der Waals surface area contributed by atoms with E-state index < -0.39 is 17.8 Å². The van der Waals surface area contributed by atoms with Gasteiger partial charge in [-0.25, -0.2) is 14.4 Å². The van der Waals surface area contributed by atoms with Crippen LogP contribution in [-0.2, 0) is 28.7 Å². The molecule has 0 aromatic heterocycles. The standard InChI is InChI=1S/C8H8.C6H10O3.C5H8O2.C3H5NO.C3H4O2/c1-2-8-6-4-3-5-7-8;1-5(2)6(8)9-4-3-7;1-3-5(6)7-4-2;2*1-2-3(4)5/h2-7H,1H2;7H,1,3-4H2,2H3;3H,1,4H2,2H3;2H,1H2,(H2,4,5);2H,1H2,(H,4,5). The zero-order valence-corrected chi connectivity index (χ0v) is 19.8. The van der Waals surface area contributed by atoms with E-state index in [2.05, 4.69) is 48.1 Å². The van der Waals surface area contributed by atoms with Crippen molar-refractivity contribution in [2.24, 2.45) is 5.73 Å². The second-order valence-electron chi connectivity index (χ2n) is 5.36. The number of carboxylic acid groups (broad SMARTS) is 1. The van der Waals surface area contributed by atoms with Crippen LogP contribution in [0.5, 0.6) is 0 Å². The normalized spacial score (nSPS) is 7.74. The van der Waals surface area contributed by atoms with Crippen LogP contribution >= 0.6 is 0 Å². The fraction of sp³-hybridized carbons (Fsp3) is 0.200. The molecule has 0 spiro atoms. The van der Waals surface area contributed by atoms with E-state index in [1.54, 1.807) is 13.8 Å². The van der Waals surface area contributed by atoms with Gasteiger partial charge in [-0.15, -0.1) is 0 Å². The average Bonchev–Trinajstić information content (AvgIpc) is 2.84. The molecule has 34 heavy (non-hydrogen) atoms. The second kappa shape index (κ2) is 28.8. The Hall–Kier alpha value is -4.24. The molecule has 1 rings (SSSR count). The summed E-state index contributed by atoms with van der Waals surface area (Å²) in [7, 11) is 0. The van der Waals surface area contributed by atoms with Crippen molar-refractivity contribution >= 4 is 29.9 Å². The van der Waals surface area contributed by atoms with Gasteiger partial charge in [0.15, 0.2) is 0 Å². The number of hydrogen-bond donors (Lipinski definition) is 3. The van der Waals surface area contributed by atoms with E-state index >= 15 is 0 Å². The number of ether oxygens (including phenoxy) is 2. The third-order valence-corrected chi connectivity index (χ3v) is 2.54. The lowest BCUT2D eigenvalue weighted by Gasteiger charge is -1.99. The zero-order valence-electron chi connectivity index (χ0n) is 19.8. The van der Waals surface area contributed by atoms with Gasteiger partial charge in [0.25, 0.3) is 0 Å². The van der Waals surface area contributed by atoms with Crippen molar-refractivity contribution < 1.29 is 38.9 Å². The van der Waals surface area contributed by atoms with Crippen LogP contribution in [0.1, 0.15) is 19.4 Å². The Morgan fingerprint density at radius 1 is 0.971 bits per heavy atom. The van der Waals surface area contributed by atoms with Crippen LogP contribution in [0.2, 0.25) is 0 Å². The fourth-order valence-corrected chi connectivity index (χ4v) is 1.05. The Kier molecular flexibility index (Phi) is 31.4. The Balaban J connectivity index is -0.000000169. The molecule has 0 radical (unpaired) electrons. The first-order valence-corrected chi connectivity index (χ1v) is 9.64. The van der Waals surface area contributed by atoms with E-state index in [0.717, 1.165) is 18.2 Å². The average molecular weight is 478 g/mol. The molecule has 4 N–H and O–H groups in total. The van der Waals surface area contributed by atoms with Gasteiger partial charge in [0.05, 0.1) is 13.2 Å². The number of primary amides is 1. The van der Waals surface area contributed by atoms with Gasteiger partial charge in [-0.1, -0.05) is 69.3 Å². The molecule has 0 bridgehead atoms. The number of rotatable bonds is 8. The highest BCUT2D eigenvalue weighted by Gasteiger charge is 1.99. The number of carboxylic acids is 1. The van der Waals surface area contributed by atoms with Crippen LogP contribution in [0.25, 0.3) is 6.08 Å². The number of aliphatic hydroxyl groups is 1. The van der Waals surface area contributed by atoms with E-state index in [4.69, 9.17) is 10.2 Å². The lowest BCUT2D eigenvalue weighted by atomic mass is 10.2. The number of nitrogens with two attached hydrogens (primary N) is 1. The van der Waals surface area contributed by atoms with Crippen molar-refractivity contribution in [3.8, 4) is 0 Å². The van der Waals surface area contributed by atoms with E-state index in [0.29, 0.717) is 12.2 Å². The molecule has 9 heteroatoms. The van der Waals surface area contributed by atoms with Gasteiger partial charge in [0.1, 0.15) is 6.61 Å². The van der Waals surface area contributed by atoms with Crippen LogP contribution in [-0.4, -0.2) is 53.8 Å². The molecule has 1 aromatic rings. The third-order valence-electron chi connectivity index (χ3n) is 2.54. The third kappa shape index (κ3) is 38.4. The summed E-state index contributed by atoms with van der Waals surface area (Å²) in [5.41, 5.74) is 6.06. The number of amides is 1. The molecule has 0 unspecified atom stereocenters. The van der Waals surface area contributed by atoms with Crippen LogP contribution < -0.4 is 5.73 Å². The van der Waals surface area contributed by atoms with E-state index in [1.165, 1.54) is 5.56 Å². The molecule has 1 amide bonds. The van der Waals surface area contributed by atoms with Crippen molar-refractivity contribution in [3.63, 3.8) is 0 Å². The van der Waals surface area contributed by atoms with Crippen LogP contribution in [0, 0.1) is 0 Å². The zero-order chi connectivity index (χ0) is 27.4. The molecule has 188 valence electrons. The molecule has 0 saturated heterocycles. The molecular weight excluding hydrogens is 442 g/mol. The minimum atomic E-state index is -0.981. The summed E-state index contributed by atoms with van der Waals surface area (Å²) >= 11 is 0. The fourth-order valence-electron chi connectivity index (χ4n) is 1.05. The molecule has 0 saturated carbocycles. The number of benzene rings is 1. The molecule has 0 aliphatic carbocycles. The van der Waals surface area contributed by atoms with Gasteiger partial charge >= 0.3 is 17.9 Å². The van der Waals surface area contributed by atoms with Crippen molar-refractivity contribution in [2.75, 3.05) is 19.8 Å². The number of hydrogen-bond acceptors (Lipinski definition) is 7. The quantitative estimate of drug-likeness (QED) is 0.381. The summed E-state index contributed by atoms with van der Waals surface area (Å²) in [5, 5.41) is 15.8. The van der Waals surface area contributed by atoms with Crippen molar-refractivity contribution in [2.45, 2.75) is 13.8 Å². The van der Waals surface area contributed by atoms with Crippen molar-refractivity contribution in [1.82, 2.24) is 0 Å². The first-order valence-electron chi connectivity index (χ1n) is 9.64. The minimum Gasteiger partial charge on any atom is -0.478 e. The smallest absolute Gasteiger partial charge is 0.333 e. The second-order valence-corrected chi connectivity index (χ2v) is 5.36. The summed E-state index contributed by atoms with van der Waals surface area (Å²) in [6.07, 6.45) is 4.86. The number of aliphatic carboxylic acids is 1. The molecule has 9 nitrogen and oxygen atoms in total. The molecule has 0 atom stereocenters. The molecule has 0 heterocycles. The Bertz CT molecular complexity index is 752. The van der Waals surface area contributed by atoms with E-state index in [9.17, 15) is 19.2 Å². The summed E-state index contributed by atoms with van der Waals surface area (Å²) in [6.45, 7) is 19.9. The number of carbonyl (C=O) groups is 4. The maximum Gasteiger partial charge on any atom is 0.333 e. The maximum atomic E-state index is 10.5. The highest BCUT2D eigenvalue weighted by atomic mass is 16.5. The Labute approximate surface area is 201 Å². The maximum absolute atomic E-state index is 10.5. The highest BCUT2D eigenvalue weighted by Crippen LogP contribution is 1.97.